The van der Waals surface area contributed by atoms with Gasteiger partial charge in [-0.2, -0.15) is 5.26 Å². The Hall–Kier alpha value is -4.05. The van der Waals surface area contributed by atoms with Crippen LogP contribution >= 0.6 is 0 Å². The molecule has 0 radical (unpaired) electrons. The molecule has 1 N–H and O–H groups in total. The minimum absolute atomic E-state index is 0.0952. The van der Waals surface area contributed by atoms with Crippen LogP contribution in [0.25, 0.3) is 17.0 Å². The fraction of sp³-hybridized carbons (Fsp3) is 0.208. The Balaban J connectivity index is 1.62. The van der Waals surface area contributed by atoms with Crippen molar-refractivity contribution in [3.63, 3.8) is 0 Å². The van der Waals surface area contributed by atoms with Crippen molar-refractivity contribution in [1.29, 1.82) is 5.26 Å². The van der Waals surface area contributed by atoms with E-state index in [-0.39, 0.29) is 19.0 Å². The van der Waals surface area contributed by atoms with E-state index >= 15 is 0 Å². The van der Waals surface area contributed by atoms with E-state index in [0.717, 1.165) is 22.9 Å². The number of aromatic nitrogens is 1. The number of nitrogens with one attached hydrogen (secondary N) is 1. The summed E-state index contributed by atoms with van der Waals surface area (Å²) in [5, 5.41) is 9.43. The highest BCUT2D eigenvalue weighted by Crippen LogP contribution is 2.28. The molecule has 0 aliphatic rings. The van der Waals surface area contributed by atoms with Crippen molar-refractivity contribution >= 4 is 28.7 Å². The molecule has 0 bridgehead atoms. The molecule has 1 heterocycles. The predicted molar refractivity (Wildman–Crippen MR) is 116 cm³/mol. The smallest absolute Gasteiger partial charge is 0.331 e. The zero-order valence-corrected chi connectivity index (χ0v) is 17.3. The Morgan fingerprint density at radius 1 is 1.19 bits per heavy atom. The van der Waals surface area contributed by atoms with Crippen LogP contribution in [0.5, 0.6) is 11.5 Å². The van der Waals surface area contributed by atoms with E-state index in [1.54, 1.807) is 30.5 Å². The summed E-state index contributed by atoms with van der Waals surface area (Å²) < 4.78 is 15.6. The van der Waals surface area contributed by atoms with E-state index in [4.69, 9.17) is 19.5 Å². The number of nitriles is 1. The lowest BCUT2D eigenvalue weighted by molar-refractivity contribution is -0.136. The summed E-state index contributed by atoms with van der Waals surface area (Å²) in [6.45, 7) is 1.60. The van der Waals surface area contributed by atoms with Crippen LogP contribution in [0.2, 0.25) is 0 Å². The molecule has 0 unspecified atom stereocenters. The Kier molecular flexibility index (Phi) is 7.07. The molecule has 0 saturated heterocycles. The third-order valence-corrected chi connectivity index (χ3v) is 4.72. The summed E-state index contributed by atoms with van der Waals surface area (Å²) in [4.78, 5) is 27.7. The van der Waals surface area contributed by atoms with E-state index < -0.39 is 5.97 Å². The molecular weight excluding hydrogens is 396 g/mol. The number of carbonyl (C=O) groups is 2. The number of nitrogens with zero attached hydrogens (tertiary/aromatic N) is 1. The van der Waals surface area contributed by atoms with Gasteiger partial charge in [0.2, 0.25) is 5.78 Å². The highest BCUT2D eigenvalue weighted by Gasteiger charge is 2.15. The van der Waals surface area contributed by atoms with Gasteiger partial charge in [0, 0.05) is 28.7 Å². The lowest BCUT2D eigenvalue weighted by Crippen LogP contribution is -2.12. The van der Waals surface area contributed by atoms with Gasteiger partial charge in [-0.15, -0.1) is 0 Å². The van der Waals surface area contributed by atoms with Gasteiger partial charge in [0.05, 0.1) is 7.11 Å². The molecule has 0 saturated carbocycles. The van der Waals surface area contributed by atoms with E-state index in [1.807, 2.05) is 31.2 Å². The molecule has 0 fully saturated rings. The summed E-state index contributed by atoms with van der Waals surface area (Å²) in [7, 11) is 1.48. The Labute approximate surface area is 179 Å². The van der Waals surface area contributed by atoms with Gasteiger partial charge in [-0.3, -0.25) is 4.79 Å². The van der Waals surface area contributed by atoms with E-state index in [0.29, 0.717) is 22.6 Å². The Morgan fingerprint density at radius 3 is 2.77 bits per heavy atom. The zero-order chi connectivity index (χ0) is 22.2. The first-order chi connectivity index (χ1) is 15.1. The number of carbonyl (C=O) groups excluding carboxylic acids is 2. The first-order valence-corrected chi connectivity index (χ1v) is 9.72. The van der Waals surface area contributed by atoms with Crippen molar-refractivity contribution in [2.24, 2.45) is 0 Å². The first-order valence-electron chi connectivity index (χ1n) is 9.72. The van der Waals surface area contributed by atoms with Crippen LogP contribution in [0.3, 0.4) is 0 Å². The SMILES string of the molecule is CCc1cccc2c(C(=O)COC(=O)/C=C/c3ccc(OCC#N)c(OC)c3)c[nH]c12. The van der Waals surface area contributed by atoms with Crippen molar-refractivity contribution < 1.29 is 23.8 Å². The minimum Gasteiger partial charge on any atom is -0.493 e. The van der Waals surface area contributed by atoms with E-state index in [1.165, 1.54) is 13.2 Å². The average molecular weight is 418 g/mol. The highest BCUT2D eigenvalue weighted by molar-refractivity contribution is 6.09. The largest absolute Gasteiger partial charge is 0.493 e. The normalized spacial score (nSPS) is 10.7. The van der Waals surface area contributed by atoms with Crippen molar-refractivity contribution in [1.82, 2.24) is 4.98 Å². The molecule has 2 aromatic carbocycles. The van der Waals surface area contributed by atoms with Crippen molar-refractivity contribution in [2.75, 3.05) is 20.3 Å². The summed E-state index contributed by atoms with van der Waals surface area (Å²) >= 11 is 0. The number of hydrogen-bond donors (Lipinski definition) is 1. The summed E-state index contributed by atoms with van der Waals surface area (Å²) in [6.07, 6.45) is 5.28. The fourth-order valence-corrected chi connectivity index (χ4v) is 3.19. The van der Waals surface area contributed by atoms with Crippen LogP contribution in [0.4, 0.5) is 0 Å². The molecule has 31 heavy (non-hydrogen) atoms. The summed E-state index contributed by atoms with van der Waals surface area (Å²) in [5.41, 5.74) is 3.22. The number of hydrogen-bond acceptors (Lipinski definition) is 6. The number of aromatic amines is 1. The second-order valence-corrected chi connectivity index (χ2v) is 6.62. The monoisotopic (exact) mass is 418 g/mol. The third-order valence-electron chi connectivity index (χ3n) is 4.72. The average Bonchev–Trinajstić information content (AvgIpc) is 3.24. The van der Waals surface area contributed by atoms with Crippen molar-refractivity contribution in [3.05, 3.63) is 65.4 Å². The number of H-pyrrole nitrogens is 1. The van der Waals surface area contributed by atoms with Crippen LogP contribution in [0.1, 0.15) is 28.4 Å². The quantitative estimate of drug-likeness (QED) is 0.319. The van der Waals surface area contributed by atoms with Gasteiger partial charge >= 0.3 is 5.97 Å². The maximum Gasteiger partial charge on any atom is 0.331 e. The number of ether oxygens (including phenoxy) is 3. The molecule has 7 heteroatoms. The van der Waals surface area contributed by atoms with Gasteiger partial charge in [-0.1, -0.05) is 31.2 Å². The highest BCUT2D eigenvalue weighted by atomic mass is 16.5. The molecule has 158 valence electrons. The van der Waals surface area contributed by atoms with Crippen LogP contribution in [-0.4, -0.2) is 37.1 Å². The Bertz CT molecular complexity index is 1170. The number of aryl methyl sites for hydroxylation is 1. The van der Waals surface area contributed by atoms with Crippen molar-refractivity contribution in [2.45, 2.75) is 13.3 Å². The summed E-state index contributed by atoms with van der Waals surface area (Å²) in [6, 6.07) is 12.7. The number of esters is 1. The molecule has 0 amide bonds. The molecule has 0 aliphatic heterocycles. The number of ketones is 1. The number of methoxy groups -OCH3 is 1. The zero-order valence-electron chi connectivity index (χ0n) is 17.3. The van der Waals surface area contributed by atoms with E-state index in [2.05, 4.69) is 4.98 Å². The van der Waals surface area contributed by atoms with Gasteiger partial charge in [0.1, 0.15) is 6.07 Å². The molecule has 0 spiro atoms. The molecule has 3 aromatic rings. The second kappa shape index (κ2) is 10.1. The van der Waals surface area contributed by atoms with Gasteiger partial charge in [-0.25, -0.2) is 4.79 Å². The number of fused-ring (bicyclic) bond motifs is 1. The molecule has 0 aliphatic carbocycles. The van der Waals surface area contributed by atoms with Gasteiger partial charge < -0.3 is 19.2 Å². The van der Waals surface area contributed by atoms with E-state index in [9.17, 15) is 9.59 Å². The lowest BCUT2D eigenvalue weighted by atomic mass is 10.1. The van der Waals surface area contributed by atoms with Crippen molar-refractivity contribution in [3.8, 4) is 17.6 Å². The number of para-hydroxylation sites is 1. The molecule has 1 aromatic heterocycles. The third kappa shape index (κ3) is 5.11. The van der Waals surface area contributed by atoms with Crippen LogP contribution in [0.15, 0.2) is 48.7 Å². The van der Waals surface area contributed by atoms with Crippen LogP contribution in [0, 0.1) is 11.3 Å². The number of Topliss-reactive ketones (excluding diaryl/α,β-unsaturated/α-hetero) is 1. The minimum atomic E-state index is -0.633. The topological polar surface area (TPSA) is 101 Å². The number of rotatable bonds is 9. The number of benzene rings is 2. The second-order valence-electron chi connectivity index (χ2n) is 6.62. The first kappa shape index (κ1) is 21.7. The standard InChI is InChI=1S/C24H22N2O5/c1-3-17-5-4-6-18-19(14-26-24(17)18)20(27)15-31-23(28)10-8-16-7-9-21(30-12-11-25)22(13-16)29-2/h4-10,13-14,26H,3,12,15H2,1-2H3/b10-8+. The van der Waals surface area contributed by atoms with Gasteiger partial charge in [0.15, 0.2) is 24.7 Å². The predicted octanol–water partition coefficient (Wildman–Crippen LogP) is 4.08. The van der Waals surface area contributed by atoms with Gasteiger partial charge in [-0.05, 0) is 35.8 Å². The van der Waals surface area contributed by atoms with Crippen LogP contribution < -0.4 is 9.47 Å². The summed E-state index contributed by atoms with van der Waals surface area (Å²) in [5.74, 6) is -0.0424. The Morgan fingerprint density at radius 2 is 2.03 bits per heavy atom. The molecule has 7 nitrogen and oxygen atoms in total. The molecule has 0 atom stereocenters. The molecule has 3 rings (SSSR count). The maximum absolute atomic E-state index is 12.5. The fourth-order valence-electron chi connectivity index (χ4n) is 3.19. The maximum atomic E-state index is 12.5. The lowest BCUT2D eigenvalue weighted by Gasteiger charge is -2.08. The molecular formula is C24H22N2O5. The van der Waals surface area contributed by atoms with Gasteiger partial charge in [0.25, 0.3) is 0 Å². The van der Waals surface area contributed by atoms with Crippen LogP contribution in [-0.2, 0) is 16.0 Å².